The number of carbonyl (C=O) groups is 4. The highest BCUT2D eigenvalue weighted by Gasteiger charge is 2.50. The molecule has 2 fully saturated rings. The van der Waals surface area contributed by atoms with Crippen molar-refractivity contribution in [2.75, 3.05) is 13.1 Å². The van der Waals surface area contributed by atoms with Crippen molar-refractivity contribution in [3.05, 3.63) is 40.4 Å². The molecule has 1 aromatic carbocycles. The molecule has 4 atom stereocenters. The van der Waals surface area contributed by atoms with E-state index in [1.165, 1.54) is 11.3 Å². The summed E-state index contributed by atoms with van der Waals surface area (Å²) in [6, 6.07) is 9.33. The molecule has 2 aliphatic heterocycles. The number of carbonyl (C=O) groups excluding carboxylic acids is 3. The number of fused-ring (bicyclic) bond motifs is 2. The predicted molar refractivity (Wildman–Crippen MR) is 116 cm³/mol. The fourth-order valence-corrected chi connectivity index (χ4v) is 5.41. The number of aldehydes is 1. The van der Waals surface area contributed by atoms with Gasteiger partial charge in [0, 0.05) is 30.5 Å². The highest BCUT2D eigenvalue weighted by atomic mass is 32.1. The van der Waals surface area contributed by atoms with Gasteiger partial charge in [-0.05, 0) is 17.5 Å². The smallest absolute Gasteiger partial charge is 0.304 e. The summed E-state index contributed by atoms with van der Waals surface area (Å²) in [4.78, 5) is 49.1. The molecule has 32 heavy (non-hydrogen) atoms. The van der Waals surface area contributed by atoms with Crippen LogP contribution in [0.5, 0.6) is 0 Å². The maximum Gasteiger partial charge on any atom is 0.304 e. The van der Waals surface area contributed by atoms with Crippen LogP contribution in [0.25, 0.3) is 10.1 Å². The Labute approximate surface area is 187 Å². The van der Waals surface area contributed by atoms with E-state index in [-0.39, 0.29) is 19.4 Å². The molecule has 3 heterocycles. The SMILES string of the molecule is O=CC(CC(=O)O)C1NCCC[N+]2([O-])C(NC(=O)c3cc4ccccc4s3)CCC(=O)N12. The zero-order valence-corrected chi connectivity index (χ0v) is 18.0. The van der Waals surface area contributed by atoms with Crippen molar-refractivity contribution in [2.45, 2.75) is 38.0 Å². The summed E-state index contributed by atoms with van der Waals surface area (Å²) in [5.74, 6) is -3.15. The Kier molecular flexibility index (Phi) is 6.24. The Morgan fingerprint density at radius 3 is 2.91 bits per heavy atom. The second-order valence-corrected chi connectivity index (χ2v) is 9.13. The quantitative estimate of drug-likeness (QED) is 0.337. The molecule has 2 aliphatic rings. The second-order valence-electron chi connectivity index (χ2n) is 8.04. The van der Waals surface area contributed by atoms with Gasteiger partial charge in [0.1, 0.15) is 19.0 Å². The Morgan fingerprint density at radius 1 is 1.41 bits per heavy atom. The van der Waals surface area contributed by atoms with Crippen LogP contribution in [0.15, 0.2) is 30.3 Å². The van der Waals surface area contributed by atoms with Crippen molar-refractivity contribution >= 4 is 45.5 Å². The summed E-state index contributed by atoms with van der Waals surface area (Å²) in [5, 5.41) is 31.0. The average molecular weight is 461 g/mol. The number of hydrogen-bond acceptors (Lipinski definition) is 7. The number of quaternary nitrogens is 1. The summed E-state index contributed by atoms with van der Waals surface area (Å²) >= 11 is 1.32. The van der Waals surface area contributed by atoms with Crippen LogP contribution in [0.4, 0.5) is 0 Å². The molecule has 0 saturated carbocycles. The van der Waals surface area contributed by atoms with E-state index in [1.807, 2.05) is 24.3 Å². The number of thiophene rings is 1. The van der Waals surface area contributed by atoms with Gasteiger partial charge in [-0.3, -0.25) is 25.0 Å². The van der Waals surface area contributed by atoms with Gasteiger partial charge in [-0.25, -0.2) is 4.76 Å². The minimum absolute atomic E-state index is 0.0103. The minimum Gasteiger partial charge on any atom is -0.604 e. The summed E-state index contributed by atoms with van der Waals surface area (Å²) in [7, 11) is 0. The van der Waals surface area contributed by atoms with E-state index in [9.17, 15) is 24.4 Å². The Morgan fingerprint density at radius 2 is 2.19 bits per heavy atom. The molecule has 1 aromatic heterocycles. The van der Waals surface area contributed by atoms with Crippen molar-refractivity contribution < 1.29 is 29.0 Å². The van der Waals surface area contributed by atoms with Crippen molar-refractivity contribution in [2.24, 2.45) is 5.92 Å². The standard InChI is InChI=1S/C21H24N4O6S/c26-12-14(11-19(28)29)20-22-8-3-9-25(31)17(6-7-18(27)24(20)25)23-21(30)16-10-13-4-1-2-5-15(13)32-16/h1-2,4-5,10,12,14,17,20,22H,3,6-9,11H2,(H,23,30)(H,28,29). The highest BCUT2D eigenvalue weighted by Crippen LogP contribution is 2.33. The van der Waals surface area contributed by atoms with Gasteiger partial charge in [0.25, 0.3) is 11.8 Å². The summed E-state index contributed by atoms with van der Waals surface area (Å²) in [5.41, 5.74) is 0. The number of carboxylic acids is 1. The lowest BCUT2D eigenvalue weighted by molar-refractivity contribution is -1.01. The summed E-state index contributed by atoms with van der Waals surface area (Å²) < 4.78 is -0.192. The molecule has 10 nitrogen and oxygen atoms in total. The van der Waals surface area contributed by atoms with Gasteiger partial charge in [-0.15, -0.1) is 11.3 Å². The normalized spacial score (nSPS) is 26.8. The van der Waals surface area contributed by atoms with Crippen LogP contribution in [0, 0.1) is 11.1 Å². The number of rotatable bonds is 6. The Bertz CT molecular complexity index is 1020. The van der Waals surface area contributed by atoms with Crippen LogP contribution < -0.4 is 10.6 Å². The van der Waals surface area contributed by atoms with E-state index in [0.717, 1.165) is 15.1 Å². The number of nitrogens with one attached hydrogen (secondary N) is 2. The van der Waals surface area contributed by atoms with Crippen LogP contribution in [-0.4, -0.2) is 64.4 Å². The predicted octanol–water partition coefficient (Wildman–Crippen LogP) is 1.42. The third-order valence-electron chi connectivity index (χ3n) is 5.95. The number of benzene rings is 1. The third-order valence-corrected chi connectivity index (χ3v) is 7.06. The Balaban J connectivity index is 1.62. The molecule has 0 bridgehead atoms. The molecule has 0 aliphatic carbocycles. The fraction of sp³-hybridized carbons (Fsp3) is 0.429. The monoisotopic (exact) mass is 460 g/mol. The number of aliphatic carboxylic acids is 1. The third kappa shape index (κ3) is 4.11. The first-order valence-corrected chi connectivity index (χ1v) is 11.3. The number of hydroxylamine groups is 2. The van der Waals surface area contributed by atoms with Gasteiger partial charge >= 0.3 is 5.97 Å². The summed E-state index contributed by atoms with van der Waals surface area (Å²) in [6.07, 6.45) is -1.45. The van der Waals surface area contributed by atoms with E-state index in [0.29, 0.717) is 24.1 Å². The molecule has 2 saturated heterocycles. The Hall–Kier alpha value is -2.86. The molecule has 2 aromatic rings. The van der Waals surface area contributed by atoms with Gasteiger partial charge < -0.3 is 15.1 Å². The first-order valence-electron chi connectivity index (χ1n) is 10.4. The zero-order chi connectivity index (χ0) is 22.9. The van der Waals surface area contributed by atoms with Crippen molar-refractivity contribution in [3.63, 3.8) is 0 Å². The molecule has 0 spiro atoms. The lowest BCUT2D eigenvalue weighted by Gasteiger charge is -2.57. The zero-order valence-electron chi connectivity index (χ0n) is 17.2. The molecular weight excluding hydrogens is 436 g/mol. The minimum atomic E-state index is -1.20. The van der Waals surface area contributed by atoms with E-state index in [2.05, 4.69) is 10.6 Å². The fourth-order valence-electron chi connectivity index (χ4n) is 4.44. The number of carboxylic acid groups (broad SMARTS) is 1. The van der Waals surface area contributed by atoms with E-state index < -0.39 is 47.2 Å². The van der Waals surface area contributed by atoms with Crippen LogP contribution in [0.1, 0.15) is 35.4 Å². The first-order chi connectivity index (χ1) is 15.3. The van der Waals surface area contributed by atoms with Crippen LogP contribution in [0.2, 0.25) is 0 Å². The number of amides is 2. The van der Waals surface area contributed by atoms with E-state index in [4.69, 9.17) is 5.11 Å². The molecular formula is C21H24N4O6S. The van der Waals surface area contributed by atoms with Gasteiger partial charge in [0.2, 0.25) is 0 Å². The summed E-state index contributed by atoms with van der Waals surface area (Å²) in [6.45, 7) is 0.364. The number of hydrogen-bond donors (Lipinski definition) is 3. The number of nitrogens with zero attached hydrogens (tertiary/aromatic N) is 2. The van der Waals surface area contributed by atoms with Gasteiger partial charge in [0.15, 0.2) is 6.17 Å². The van der Waals surface area contributed by atoms with E-state index >= 15 is 0 Å². The molecule has 4 rings (SSSR count). The molecule has 4 unspecified atom stereocenters. The molecule has 3 N–H and O–H groups in total. The van der Waals surface area contributed by atoms with Gasteiger partial charge in [-0.1, -0.05) is 18.2 Å². The van der Waals surface area contributed by atoms with Crippen LogP contribution >= 0.6 is 11.3 Å². The van der Waals surface area contributed by atoms with Crippen LogP contribution in [-0.2, 0) is 14.4 Å². The molecule has 0 radical (unpaired) electrons. The second kappa shape index (κ2) is 8.94. The maximum atomic E-state index is 14.0. The lowest BCUT2D eigenvalue weighted by Crippen LogP contribution is -2.74. The topological polar surface area (TPSA) is 139 Å². The van der Waals surface area contributed by atoms with Crippen molar-refractivity contribution in [3.8, 4) is 0 Å². The first kappa shape index (κ1) is 22.3. The van der Waals surface area contributed by atoms with Crippen LogP contribution in [0.3, 0.4) is 0 Å². The van der Waals surface area contributed by atoms with Gasteiger partial charge in [0.05, 0.1) is 17.2 Å². The van der Waals surface area contributed by atoms with Gasteiger partial charge in [-0.2, -0.15) is 5.01 Å². The van der Waals surface area contributed by atoms with Crippen molar-refractivity contribution in [1.82, 2.24) is 15.6 Å². The van der Waals surface area contributed by atoms with Crippen molar-refractivity contribution in [1.29, 1.82) is 0 Å². The molecule has 2 amide bonds. The lowest BCUT2D eigenvalue weighted by atomic mass is 10.0. The largest absolute Gasteiger partial charge is 0.604 e. The molecule has 170 valence electrons. The average Bonchev–Trinajstić information content (AvgIpc) is 3.11. The maximum absolute atomic E-state index is 14.0. The highest BCUT2D eigenvalue weighted by molar-refractivity contribution is 7.20. The van der Waals surface area contributed by atoms with E-state index in [1.54, 1.807) is 6.07 Å². The molecule has 11 heteroatoms.